The minimum absolute atomic E-state index is 0.0322. The van der Waals surface area contributed by atoms with Crippen molar-refractivity contribution in [2.45, 2.75) is 16.5 Å². The number of likely N-dealkylation sites (N-methyl/N-ethyl adjacent to an activating group) is 1. The summed E-state index contributed by atoms with van der Waals surface area (Å²) in [5, 5.41) is 4.32. The van der Waals surface area contributed by atoms with Crippen LogP contribution in [0.15, 0.2) is 58.9 Å². The monoisotopic (exact) mass is 401 g/mol. The van der Waals surface area contributed by atoms with Gasteiger partial charge >= 0.3 is 0 Å². The van der Waals surface area contributed by atoms with Gasteiger partial charge in [-0.1, -0.05) is 71.6 Å². The van der Waals surface area contributed by atoms with Crippen molar-refractivity contribution in [3.8, 4) is 5.69 Å². The molecule has 4 nitrogen and oxygen atoms in total. The lowest BCUT2D eigenvalue weighted by Gasteiger charge is -2.19. The predicted octanol–water partition coefficient (Wildman–Crippen LogP) is 4.89. The minimum atomic E-state index is -0.350. The van der Waals surface area contributed by atoms with E-state index < -0.39 is 0 Å². The van der Waals surface area contributed by atoms with Gasteiger partial charge in [0.25, 0.3) is 0 Å². The highest BCUT2D eigenvalue weighted by molar-refractivity contribution is 8.02. The van der Waals surface area contributed by atoms with Crippen LogP contribution in [0.25, 0.3) is 5.69 Å². The van der Waals surface area contributed by atoms with E-state index in [1.807, 2.05) is 61.5 Å². The number of para-hydroxylation sites is 1. The molecule has 1 heterocycles. The van der Waals surface area contributed by atoms with E-state index >= 15 is 0 Å². The van der Waals surface area contributed by atoms with Crippen molar-refractivity contribution in [1.82, 2.24) is 14.7 Å². The zero-order chi connectivity index (χ0) is 18.7. The van der Waals surface area contributed by atoms with Gasteiger partial charge in [0.2, 0.25) is 5.91 Å². The van der Waals surface area contributed by atoms with Gasteiger partial charge < -0.3 is 4.90 Å². The summed E-state index contributed by atoms with van der Waals surface area (Å²) >= 11 is 8.38. The molecule has 0 saturated carbocycles. The number of thioether (sulfide) groups is 1. The first kappa shape index (κ1) is 18.8. The lowest BCUT2D eigenvalue weighted by molar-refractivity contribution is -0.128. The average Bonchev–Trinajstić information content (AvgIpc) is 3.00. The molecule has 0 fully saturated rings. The summed E-state index contributed by atoms with van der Waals surface area (Å²) in [5.41, 5.74) is 3.03. The van der Waals surface area contributed by atoms with Crippen LogP contribution in [0.1, 0.15) is 16.4 Å². The van der Waals surface area contributed by atoms with E-state index in [0.717, 1.165) is 21.2 Å². The number of hydrogen-bond acceptors (Lipinski definition) is 5. The number of aromatic nitrogens is 2. The van der Waals surface area contributed by atoms with Crippen molar-refractivity contribution in [3.05, 3.63) is 69.7 Å². The molecule has 0 unspecified atom stereocenters. The van der Waals surface area contributed by atoms with Crippen LogP contribution in [0.3, 0.4) is 0 Å². The third kappa shape index (κ3) is 4.06. The molecule has 0 bridgehead atoms. The Morgan fingerprint density at radius 2 is 1.81 bits per heavy atom. The van der Waals surface area contributed by atoms with Crippen molar-refractivity contribution >= 4 is 41.2 Å². The Kier molecular flexibility index (Phi) is 5.90. The van der Waals surface area contributed by atoms with Gasteiger partial charge in [-0.2, -0.15) is 0 Å². The van der Waals surface area contributed by atoms with Gasteiger partial charge in [-0.3, -0.25) is 4.79 Å². The molecular formula is C19H19N3OS3. The number of nitrogens with zero attached hydrogens (tertiary/aromatic N) is 3. The van der Waals surface area contributed by atoms with E-state index in [9.17, 15) is 4.79 Å². The fourth-order valence-electron chi connectivity index (χ4n) is 2.49. The Balaban J connectivity index is 1.96. The lowest BCUT2D eigenvalue weighted by Crippen LogP contribution is -2.26. The van der Waals surface area contributed by atoms with Gasteiger partial charge in [0.05, 0.1) is 5.69 Å². The molecule has 0 spiro atoms. The highest BCUT2D eigenvalue weighted by Gasteiger charge is 2.25. The molecule has 0 saturated heterocycles. The Hall–Kier alpha value is -1.96. The molecule has 0 aliphatic rings. The van der Waals surface area contributed by atoms with Crippen LogP contribution >= 0.6 is 35.3 Å². The highest BCUT2D eigenvalue weighted by atomic mass is 32.2. The van der Waals surface area contributed by atoms with Gasteiger partial charge in [-0.25, -0.2) is 4.68 Å². The van der Waals surface area contributed by atoms with Gasteiger partial charge in [0.15, 0.2) is 8.29 Å². The molecule has 26 heavy (non-hydrogen) atoms. The lowest BCUT2D eigenvalue weighted by atomic mass is 10.1. The predicted molar refractivity (Wildman–Crippen MR) is 111 cm³/mol. The summed E-state index contributed by atoms with van der Waals surface area (Å²) < 4.78 is 3.23. The van der Waals surface area contributed by atoms with E-state index in [2.05, 4.69) is 5.10 Å². The van der Waals surface area contributed by atoms with Crippen LogP contribution in [0.5, 0.6) is 0 Å². The fourth-order valence-corrected chi connectivity index (χ4v) is 5.17. The summed E-state index contributed by atoms with van der Waals surface area (Å²) in [6.45, 7) is 2.03. The van der Waals surface area contributed by atoms with Crippen LogP contribution in [-0.2, 0) is 4.79 Å². The summed E-state index contributed by atoms with van der Waals surface area (Å²) in [7, 11) is 3.54. The highest BCUT2D eigenvalue weighted by Crippen LogP contribution is 2.38. The van der Waals surface area contributed by atoms with E-state index in [-0.39, 0.29) is 11.2 Å². The zero-order valence-electron chi connectivity index (χ0n) is 14.7. The summed E-state index contributed by atoms with van der Waals surface area (Å²) in [4.78, 5) is 14.3. The second-order valence-electron chi connectivity index (χ2n) is 5.97. The molecule has 1 aromatic heterocycles. The molecule has 1 atom stereocenters. The second kappa shape index (κ2) is 8.16. The van der Waals surface area contributed by atoms with Gasteiger partial charge in [0, 0.05) is 14.1 Å². The zero-order valence-corrected chi connectivity index (χ0v) is 17.2. The molecule has 7 heteroatoms. The maximum atomic E-state index is 12.7. The van der Waals surface area contributed by atoms with Crippen LogP contribution < -0.4 is 0 Å². The third-order valence-corrected chi connectivity index (χ3v) is 6.42. The van der Waals surface area contributed by atoms with Crippen LogP contribution in [-0.4, -0.2) is 34.7 Å². The Bertz CT molecular complexity index is 963. The number of benzene rings is 2. The Labute approximate surface area is 166 Å². The molecular weight excluding hydrogens is 382 g/mol. The number of amides is 1. The molecule has 1 amide bonds. The summed E-state index contributed by atoms with van der Waals surface area (Å²) in [6, 6.07) is 17.8. The van der Waals surface area contributed by atoms with Crippen LogP contribution in [0.4, 0.5) is 0 Å². The number of carbonyl (C=O) groups is 1. The molecule has 0 aliphatic carbocycles. The molecule has 134 valence electrons. The first-order chi connectivity index (χ1) is 12.5. The SMILES string of the molecule is Cc1ccccc1-n1nc(S[C@H](C(=O)N(C)C)c2ccccc2)sc1=S. The van der Waals surface area contributed by atoms with E-state index in [4.69, 9.17) is 12.2 Å². The van der Waals surface area contributed by atoms with Crippen LogP contribution in [0, 0.1) is 10.9 Å². The molecule has 0 radical (unpaired) electrons. The van der Waals surface area contributed by atoms with Gasteiger partial charge in [-0.15, -0.1) is 5.10 Å². The molecule has 0 aliphatic heterocycles. The molecule has 3 rings (SSSR count). The second-order valence-corrected chi connectivity index (χ2v) is 8.95. The first-order valence-electron chi connectivity index (χ1n) is 8.06. The van der Waals surface area contributed by atoms with Crippen molar-refractivity contribution in [1.29, 1.82) is 0 Å². The minimum Gasteiger partial charge on any atom is -0.348 e. The molecule has 2 aromatic carbocycles. The van der Waals surface area contributed by atoms with Crippen molar-refractivity contribution in [2.75, 3.05) is 14.1 Å². The smallest absolute Gasteiger partial charge is 0.240 e. The summed E-state index contributed by atoms with van der Waals surface area (Å²) in [6.07, 6.45) is 0. The number of hydrogen-bond donors (Lipinski definition) is 0. The van der Waals surface area contributed by atoms with Gasteiger partial charge in [0.1, 0.15) is 5.25 Å². The number of carbonyl (C=O) groups excluding carboxylic acids is 1. The first-order valence-corrected chi connectivity index (χ1v) is 10.2. The van der Waals surface area contributed by atoms with E-state index in [1.54, 1.807) is 23.7 Å². The van der Waals surface area contributed by atoms with E-state index in [1.165, 1.54) is 23.1 Å². The average molecular weight is 402 g/mol. The topological polar surface area (TPSA) is 38.1 Å². The largest absolute Gasteiger partial charge is 0.348 e. The number of aryl methyl sites for hydroxylation is 1. The quantitative estimate of drug-likeness (QED) is 0.450. The van der Waals surface area contributed by atoms with Crippen molar-refractivity contribution in [3.63, 3.8) is 0 Å². The molecule has 3 aromatic rings. The Morgan fingerprint density at radius 3 is 2.46 bits per heavy atom. The number of rotatable bonds is 5. The molecule has 0 N–H and O–H groups in total. The normalized spacial score (nSPS) is 12.0. The summed E-state index contributed by atoms with van der Waals surface area (Å²) in [5.74, 6) is 0.0322. The van der Waals surface area contributed by atoms with Crippen molar-refractivity contribution in [2.24, 2.45) is 0 Å². The van der Waals surface area contributed by atoms with Crippen molar-refractivity contribution < 1.29 is 4.79 Å². The standard InChI is InChI=1S/C19H19N3OS3/c1-13-9-7-8-12-15(13)22-19(24)26-18(20-22)25-16(17(23)21(2)3)14-10-5-4-6-11-14/h4-12,16H,1-3H3/t16-/m0/s1. The van der Waals surface area contributed by atoms with Gasteiger partial charge in [-0.05, 0) is 36.3 Å². The fraction of sp³-hybridized carbons (Fsp3) is 0.211. The maximum absolute atomic E-state index is 12.7. The maximum Gasteiger partial charge on any atom is 0.240 e. The van der Waals surface area contributed by atoms with E-state index in [0.29, 0.717) is 3.95 Å². The Morgan fingerprint density at radius 1 is 1.15 bits per heavy atom. The third-order valence-electron chi connectivity index (χ3n) is 3.86. The van der Waals surface area contributed by atoms with Crippen LogP contribution in [0.2, 0.25) is 0 Å².